The number of hydrogen-bond donors (Lipinski definition) is 2. The number of nitrogen functional groups attached to an aromatic ring is 1. The lowest BCUT2D eigenvalue weighted by atomic mass is 10.1. The third-order valence-corrected chi connectivity index (χ3v) is 4.77. The summed E-state index contributed by atoms with van der Waals surface area (Å²) < 4.78 is 40.4. The van der Waals surface area contributed by atoms with E-state index in [0.29, 0.717) is 16.8 Å². The number of halogens is 1. The normalized spacial score (nSPS) is 13.1. The molecular weight excluding hydrogens is 291 g/mol. The summed E-state index contributed by atoms with van der Waals surface area (Å²) in [5.41, 5.74) is 7.47. The number of nitrogens with two attached hydrogens (primary N) is 1. The van der Waals surface area contributed by atoms with Gasteiger partial charge in [-0.05, 0) is 55.3 Å². The average molecular weight is 308 g/mol. The topological polar surface area (TPSA) is 72.2 Å². The molecule has 0 spiro atoms. The Kier molecular flexibility index (Phi) is 4.29. The maximum absolute atomic E-state index is 13.2. The predicted molar refractivity (Wildman–Crippen MR) is 80.7 cm³/mol. The van der Waals surface area contributed by atoms with Crippen LogP contribution in [0.15, 0.2) is 47.4 Å². The minimum atomic E-state index is -3.69. The average Bonchev–Trinajstić information content (AvgIpc) is 2.41. The summed E-state index contributed by atoms with van der Waals surface area (Å²) in [6.45, 7) is 3.40. The van der Waals surface area contributed by atoms with Gasteiger partial charge in [-0.3, -0.25) is 0 Å². The molecule has 3 N–H and O–H groups in total. The lowest BCUT2D eigenvalue weighted by Gasteiger charge is -2.15. The monoisotopic (exact) mass is 308 g/mol. The smallest absolute Gasteiger partial charge is 0.241 e. The molecule has 112 valence electrons. The first kappa shape index (κ1) is 15.5. The molecule has 0 saturated heterocycles. The van der Waals surface area contributed by atoms with Crippen LogP contribution in [0.1, 0.15) is 24.1 Å². The fourth-order valence-electron chi connectivity index (χ4n) is 1.96. The van der Waals surface area contributed by atoms with Crippen molar-refractivity contribution in [2.45, 2.75) is 24.8 Å². The standard InChI is InChI=1S/C15H17FN2O2S/c1-10-8-14(6-7-15(10)17)21(19,20)18-11(2)12-4-3-5-13(16)9-12/h3-9,11,18H,17H2,1-2H3. The number of anilines is 1. The molecule has 0 saturated carbocycles. The van der Waals surface area contributed by atoms with Crippen molar-refractivity contribution < 1.29 is 12.8 Å². The minimum absolute atomic E-state index is 0.137. The number of sulfonamides is 1. The Morgan fingerprint density at radius 3 is 2.52 bits per heavy atom. The molecule has 0 aliphatic rings. The molecule has 0 radical (unpaired) electrons. The predicted octanol–water partition coefficient (Wildman–Crippen LogP) is 2.76. The van der Waals surface area contributed by atoms with Gasteiger partial charge in [0.1, 0.15) is 5.82 Å². The highest BCUT2D eigenvalue weighted by atomic mass is 32.2. The Bertz CT molecular complexity index is 760. The SMILES string of the molecule is Cc1cc(S(=O)(=O)NC(C)c2cccc(F)c2)ccc1N. The van der Waals surface area contributed by atoms with E-state index in [9.17, 15) is 12.8 Å². The molecule has 6 heteroatoms. The van der Waals surface area contributed by atoms with Crippen LogP contribution in [0.5, 0.6) is 0 Å². The van der Waals surface area contributed by atoms with Gasteiger partial charge in [-0.1, -0.05) is 12.1 Å². The highest BCUT2D eigenvalue weighted by Gasteiger charge is 2.19. The van der Waals surface area contributed by atoms with Gasteiger partial charge in [0, 0.05) is 11.7 Å². The summed E-state index contributed by atoms with van der Waals surface area (Å²) in [5, 5.41) is 0. The lowest BCUT2D eigenvalue weighted by molar-refractivity contribution is 0.564. The summed E-state index contributed by atoms with van der Waals surface area (Å²) in [6, 6.07) is 9.81. The maximum Gasteiger partial charge on any atom is 0.241 e. The number of nitrogens with one attached hydrogen (secondary N) is 1. The highest BCUT2D eigenvalue weighted by molar-refractivity contribution is 7.89. The van der Waals surface area contributed by atoms with Crippen LogP contribution < -0.4 is 10.5 Å². The number of aryl methyl sites for hydroxylation is 1. The molecule has 0 heterocycles. The van der Waals surface area contributed by atoms with Crippen LogP contribution in [-0.2, 0) is 10.0 Å². The maximum atomic E-state index is 13.2. The van der Waals surface area contributed by atoms with Crippen molar-refractivity contribution in [1.29, 1.82) is 0 Å². The highest BCUT2D eigenvalue weighted by Crippen LogP contribution is 2.20. The van der Waals surface area contributed by atoms with Crippen LogP contribution in [0.4, 0.5) is 10.1 Å². The van der Waals surface area contributed by atoms with Gasteiger partial charge >= 0.3 is 0 Å². The summed E-state index contributed by atoms with van der Waals surface area (Å²) in [7, 11) is -3.69. The molecule has 0 fully saturated rings. The third-order valence-electron chi connectivity index (χ3n) is 3.23. The second-order valence-electron chi connectivity index (χ2n) is 4.92. The zero-order valence-corrected chi connectivity index (χ0v) is 12.6. The van der Waals surface area contributed by atoms with Crippen LogP contribution >= 0.6 is 0 Å². The minimum Gasteiger partial charge on any atom is -0.399 e. The molecule has 1 unspecified atom stereocenters. The van der Waals surface area contributed by atoms with Gasteiger partial charge in [0.2, 0.25) is 10.0 Å². The van der Waals surface area contributed by atoms with E-state index in [-0.39, 0.29) is 4.90 Å². The van der Waals surface area contributed by atoms with E-state index in [0.717, 1.165) is 0 Å². The Morgan fingerprint density at radius 1 is 1.19 bits per heavy atom. The molecule has 0 aliphatic heterocycles. The Hall–Kier alpha value is -1.92. The molecule has 2 rings (SSSR count). The quantitative estimate of drug-likeness (QED) is 0.853. The molecule has 2 aromatic rings. The van der Waals surface area contributed by atoms with Crippen molar-refractivity contribution in [3.05, 3.63) is 59.4 Å². The van der Waals surface area contributed by atoms with E-state index in [1.165, 1.54) is 24.3 Å². The van der Waals surface area contributed by atoms with Crippen molar-refractivity contribution in [3.63, 3.8) is 0 Å². The van der Waals surface area contributed by atoms with Gasteiger partial charge in [0.25, 0.3) is 0 Å². The van der Waals surface area contributed by atoms with Crippen molar-refractivity contribution in [3.8, 4) is 0 Å². The third kappa shape index (κ3) is 3.59. The number of hydrogen-bond acceptors (Lipinski definition) is 3. The molecule has 0 amide bonds. The molecule has 0 bridgehead atoms. The second kappa shape index (κ2) is 5.83. The summed E-state index contributed by atoms with van der Waals surface area (Å²) >= 11 is 0. The van der Waals surface area contributed by atoms with Gasteiger partial charge in [-0.25, -0.2) is 17.5 Å². The first-order valence-electron chi connectivity index (χ1n) is 6.43. The van der Waals surface area contributed by atoms with Crippen LogP contribution in [0.3, 0.4) is 0 Å². The van der Waals surface area contributed by atoms with Gasteiger partial charge in [0.15, 0.2) is 0 Å². The van der Waals surface area contributed by atoms with Crippen molar-refractivity contribution in [2.75, 3.05) is 5.73 Å². The summed E-state index contributed by atoms with van der Waals surface area (Å²) in [4.78, 5) is 0.137. The van der Waals surface area contributed by atoms with E-state index in [4.69, 9.17) is 5.73 Å². The fraction of sp³-hybridized carbons (Fsp3) is 0.200. The zero-order valence-electron chi connectivity index (χ0n) is 11.8. The van der Waals surface area contributed by atoms with E-state index < -0.39 is 21.9 Å². The summed E-state index contributed by atoms with van der Waals surface area (Å²) in [5.74, 6) is -0.401. The van der Waals surface area contributed by atoms with Crippen molar-refractivity contribution >= 4 is 15.7 Å². The summed E-state index contributed by atoms with van der Waals surface area (Å²) in [6.07, 6.45) is 0. The van der Waals surface area contributed by atoms with Gasteiger partial charge < -0.3 is 5.73 Å². The van der Waals surface area contributed by atoms with Gasteiger partial charge in [0.05, 0.1) is 4.90 Å². The first-order valence-corrected chi connectivity index (χ1v) is 7.92. The molecule has 0 aliphatic carbocycles. The Balaban J connectivity index is 2.26. The largest absolute Gasteiger partial charge is 0.399 e. The molecule has 4 nitrogen and oxygen atoms in total. The molecule has 2 aromatic carbocycles. The first-order chi connectivity index (χ1) is 9.79. The molecule has 1 atom stereocenters. The number of benzene rings is 2. The second-order valence-corrected chi connectivity index (χ2v) is 6.63. The molecule has 0 aromatic heterocycles. The molecule has 21 heavy (non-hydrogen) atoms. The van der Waals surface area contributed by atoms with Crippen molar-refractivity contribution in [1.82, 2.24) is 4.72 Å². The number of rotatable bonds is 4. The van der Waals surface area contributed by atoms with Gasteiger partial charge in [-0.2, -0.15) is 0 Å². The van der Waals surface area contributed by atoms with E-state index in [1.54, 1.807) is 32.0 Å². The van der Waals surface area contributed by atoms with Crippen LogP contribution in [0.2, 0.25) is 0 Å². The Morgan fingerprint density at radius 2 is 1.90 bits per heavy atom. The van der Waals surface area contributed by atoms with Crippen LogP contribution in [-0.4, -0.2) is 8.42 Å². The lowest BCUT2D eigenvalue weighted by Crippen LogP contribution is -2.27. The van der Waals surface area contributed by atoms with E-state index in [1.807, 2.05) is 0 Å². The molecular formula is C15H17FN2O2S. The van der Waals surface area contributed by atoms with E-state index in [2.05, 4.69) is 4.72 Å². The van der Waals surface area contributed by atoms with Crippen LogP contribution in [0, 0.1) is 12.7 Å². The van der Waals surface area contributed by atoms with Gasteiger partial charge in [-0.15, -0.1) is 0 Å². The van der Waals surface area contributed by atoms with Crippen LogP contribution in [0.25, 0.3) is 0 Å². The van der Waals surface area contributed by atoms with E-state index >= 15 is 0 Å². The fourth-order valence-corrected chi connectivity index (χ4v) is 3.28. The Labute approximate surface area is 123 Å². The zero-order chi connectivity index (χ0) is 15.6. The van der Waals surface area contributed by atoms with Crippen molar-refractivity contribution in [2.24, 2.45) is 0 Å².